The smallest absolute Gasteiger partial charge is 0.373 e. The maximum Gasteiger partial charge on any atom is 0.436 e. The van der Waals surface area contributed by atoms with Gasteiger partial charge in [-0.1, -0.05) is 63.7 Å². The number of nitrogens with zero attached hydrogens (tertiary/aromatic N) is 1. The number of carbonyl (C=O) groups excluding carboxylic acids is 1. The van der Waals surface area contributed by atoms with Crippen LogP contribution in [0.4, 0.5) is 13.2 Å². The molecule has 4 atom stereocenters. The number of rotatable bonds is 6. The average Bonchev–Trinajstić information content (AvgIpc) is 3.12. The van der Waals surface area contributed by atoms with E-state index in [2.05, 4.69) is 33.3 Å². The first-order valence-corrected chi connectivity index (χ1v) is 13.7. The Bertz CT molecular complexity index is 1160. The Kier molecular flexibility index (Phi) is 7.72. The van der Waals surface area contributed by atoms with Crippen molar-refractivity contribution < 1.29 is 22.8 Å². The molecule has 1 N–H and O–H groups in total. The molecule has 0 aromatic heterocycles. The van der Waals surface area contributed by atoms with Gasteiger partial charge in [-0.3, -0.25) is 4.79 Å². The van der Waals surface area contributed by atoms with Crippen molar-refractivity contribution in [2.45, 2.75) is 54.6 Å². The van der Waals surface area contributed by atoms with Gasteiger partial charge < -0.3 is 10.2 Å². The van der Waals surface area contributed by atoms with Crippen LogP contribution in [0.15, 0.2) is 41.6 Å². The molecule has 35 heavy (non-hydrogen) atoms. The number of nitrogens with one attached hydrogen (secondary N) is 1. The van der Waals surface area contributed by atoms with Gasteiger partial charge in [0.25, 0.3) is 11.5 Å². The molecular formula is C24H22BrCl2F3N2O2S. The van der Waals surface area contributed by atoms with E-state index in [9.17, 15) is 18.0 Å². The molecule has 2 aromatic carbocycles. The molecule has 0 spiro atoms. The van der Waals surface area contributed by atoms with Crippen LogP contribution in [0.25, 0.3) is 0 Å². The van der Waals surface area contributed by atoms with Crippen molar-refractivity contribution in [2.75, 3.05) is 5.75 Å². The van der Waals surface area contributed by atoms with Gasteiger partial charge in [0.15, 0.2) is 0 Å². The monoisotopic (exact) mass is 608 g/mol. The van der Waals surface area contributed by atoms with E-state index >= 15 is 0 Å². The van der Waals surface area contributed by atoms with E-state index < -0.39 is 16.6 Å². The highest BCUT2D eigenvalue weighted by molar-refractivity contribution is 9.10. The van der Waals surface area contributed by atoms with Crippen molar-refractivity contribution in [3.05, 3.63) is 68.7 Å². The summed E-state index contributed by atoms with van der Waals surface area (Å²) in [4.78, 5) is 16.6. The molecule has 0 aliphatic carbocycles. The van der Waals surface area contributed by atoms with Crippen molar-refractivity contribution in [1.29, 1.82) is 0 Å². The molecule has 0 saturated carbocycles. The highest BCUT2D eigenvalue weighted by Gasteiger charge is 2.67. The van der Waals surface area contributed by atoms with Crippen LogP contribution >= 0.6 is 50.9 Å². The van der Waals surface area contributed by atoms with Crippen molar-refractivity contribution in [1.82, 2.24) is 5.32 Å². The van der Waals surface area contributed by atoms with E-state index in [0.29, 0.717) is 21.9 Å². The molecule has 1 amide bonds. The minimum absolute atomic E-state index is 0.0464. The third-order valence-electron chi connectivity index (χ3n) is 6.19. The number of hydrogen-bond acceptors (Lipinski definition) is 4. The van der Waals surface area contributed by atoms with Gasteiger partial charge in [0.1, 0.15) is 10.5 Å². The van der Waals surface area contributed by atoms with Crippen LogP contribution in [-0.4, -0.2) is 39.7 Å². The van der Waals surface area contributed by atoms with Gasteiger partial charge in [0.05, 0.1) is 6.04 Å². The lowest BCUT2D eigenvalue weighted by Crippen LogP contribution is -2.50. The summed E-state index contributed by atoms with van der Waals surface area (Å²) in [7, 11) is 0. The van der Waals surface area contributed by atoms with Crippen LogP contribution < -0.4 is 5.32 Å². The van der Waals surface area contributed by atoms with E-state index in [1.165, 1.54) is 6.07 Å². The van der Waals surface area contributed by atoms with Crippen molar-refractivity contribution in [2.24, 2.45) is 5.16 Å². The first kappa shape index (κ1) is 26.6. The summed E-state index contributed by atoms with van der Waals surface area (Å²) in [6.07, 6.45) is -2.75. The summed E-state index contributed by atoms with van der Waals surface area (Å²) >= 11 is 17.0. The number of halogens is 6. The lowest BCUT2D eigenvalue weighted by molar-refractivity contribution is -0.273. The summed E-state index contributed by atoms with van der Waals surface area (Å²) in [6.45, 7) is 3.85. The SMILES string of the molecule is CCCC1SCC1NC(=O)c1ccc(C2=NOC(c3cc(Cl)cc(Cl)c3)(C(F)(F)F)C2Br)cc1C. The number of oxime groups is 1. The van der Waals surface area contributed by atoms with Gasteiger partial charge in [-0.25, -0.2) is 0 Å². The summed E-state index contributed by atoms with van der Waals surface area (Å²) in [6, 6.07) is 8.62. The minimum Gasteiger partial charge on any atom is -0.373 e. The lowest BCUT2D eigenvalue weighted by atomic mass is 9.86. The van der Waals surface area contributed by atoms with Crippen LogP contribution in [-0.2, 0) is 10.4 Å². The fourth-order valence-corrected chi connectivity index (χ4v) is 6.98. The van der Waals surface area contributed by atoms with Crippen molar-refractivity contribution in [3.63, 3.8) is 0 Å². The van der Waals surface area contributed by atoms with E-state index in [1.807, 2.05) is 11.8 Å². The summed E-state index contributed by atoms with van der Waals surface area (Å²) in [5, 5.41) is 7.40. The van der Waals surface area contributed by atoms with Gasteiger partial charge >= 0.3 is 6.18 Å². The molecule has 2 heterocycles. The van der Waals surface area contributed by atoms with Crippen LogP contribution in [0.1, 0.15) is 46.8 Å². The van der Waals surface area contributed by atoms with Crippen LogP contribution in [0.5, 0.6) is 0 Å². The molecule has 2 aromatic rings. The molecule has 4 rings (SSSR count). The molecule has 2 aliphatic heterocycles. The number of alkyl halides is 4. The zero-order valence-electron chi connectivity index (χ0n) is 18.8. The maximum absolute atomic E-state index is 14.4. The van der Waals surface area contributed by atoms with Crippen LogP contribution in [0.2, 0.25) is 10.0 Å². The Hall–Kier alpha value is -1.42. The molecule has 1 saturated heterocycles. The molecule has 0 radical (unpaired) electrons. The quantitative estimate of drug-likeness (QED) is 0.350. The number of hydrogen-bond donors (Lipinski definition) is 1. The Labute approximate surface area is 224 Å². The topological polar surface area (TPSA) is 50.7 Å². The zero-order valence-corrected chi connectivity index (χ0v) is 22.7. The van der Waals surface area contributed by atoms with E-state index in [0.717, 1.165) is 30.7 Å². The van der Waals surface area contributed by atoms with E-state index in [1.54, 1.807) is 25.1 Å². The predicted molar refractivity (Wildman–Crippen MR) is 138 cm³/mol. The van der Waals surface area contributed by atoms with Gasteiger partial charge in [-0.15, -0.1) is 0 Å². The third-order valence-corrected chi connectivity index (χ3v) is 9.25. The molecule has 1 fully saturated rings. The predicted octanol–water partition coefficient (Wildman–Crippen LogP) is 7.27. The molecular weight excluding hydrogens is 588 g/mol. The Morgan fingerprint density at radius 2 is 1.94 bits per heavy atom. The van der Waals surface area contributed by atoms with Gasteiger partial charge in [0.2, 0.25) is 0 Å². The Morgan fingerprint density at radius 1 is 1.26 bits per heavy atom. The van der Waals surface area contributed by atoms with Gasteiger partial charge in [0, 0.05) is 37.7 Å². The van der Waals surface area contributed by atoms with Crippen molar-refractivity contribution in [3.8, 4) is 0 Å². The number of thioether (sulfide) groups is 1. The first-order valence-electron chi connectivity index (χ1n) is 10.9. The minimum atomic E-state index is -4.84. The standard InChI is InChI=1S/C24H22BrCl2F3N2O2S/c1-3-4-19-18(11-35-19)31-22(33)17-6-5-13(7-12(17)2)20-21(25)23(34-32-20,24(28,29)30)14-8-15(26)10-16(27)9-14/h5-10,18-19,21H,3-4,11H2,1-2H3,(H,31,33). The third kappa shape index (κ3) is 4.93. The summed E-state index contributed by atoms with van der Waals surface area (Å²) in [5.41, 5.74) is -1.55. The second-order valence-corrected chi connectivity index (χ2v) is 11.7. The van der Waals surface area contributed by atoms with Crippen molar-refractivity contribution >= 4 is 62.5 Å². The van der Waals surface area contributed by atoms with Gasteiger partial charge in [-0.2, -0.15) is 24.9 Å². The summed E-state index contributed by atoms with van der Waals surface area (Å²) < 4.78 is 43.3. The fourth-order valence-electron chi connectivity index (χ4n) is 4.29. The normalized spacial score (nSPS) is 26.1. The Morgan fingerprint density at radius 3 is 2.49 bits per heavy atom. The number of aryl methyl sites for hydroxylation is 1. The lowest BCUT2D eigenvalue weighted by Gasteiger charge is -2.36. The molecule has 188 valence electrons. The number of amides is 1. The average molecular weight is 610 g/mol. The largest absolute Gasteiger partial charge is 0.436 e. The molecule has 4 unspecified atom stereocenters. The van der Waals surface area contributed by atoms with Gasteiger partial charge in [-0.05, 0) is 49.2 Å². The maximum atomic E-state index is 14.4. The van der Waals surface area contributed by atoms with Crippen LogP contribution in [0.3, 0.4) is 0 Å². The number of benzene rings is 2. The van der Waals surface area contributed by atoms with E-state index in [4.69, 9.17) is 28.0 Å². The molecule has 2 aliphatic rings. The number of carbonyl (C=O) groups is 1. The fraction of sp³-hybridized carbons (Fsp3) is 0.417. The zero-order chi connectivity index (χ0) is 25.5. The molecule has 0 bridgehead atoms. The van der Waals surface area contributed by atoms with E-state index in [-0.39, 0.29) is 33.3 Å². The molecule has 11 heteroatoms. The highest BCUT2D eigenvalue weighted by atomic mass is 79.9. The second kappa shape index (κ2) is 10.1. The Balaban J connectivity index is 1.60. The molecule has 4 nitrogen and oxygen atoms in total. The first-order chi connectivity index (χ1) is 16.5. The summed E-state index contributed by atoms with van der Waals surface area (Å²) in [5.74, 6) is 0.679. The highest BCUT2D eigenvalue weighted by Crippen LogP contribution is 2.52. The van der Waals surface area contributed by atoms with Crippen LogP contribution in [0, 0.1) is 6.92 Å². The second-order valence-electron chi connectivity index (χ2n) is 8.59.